The summed E-state index contributed by atoms with van der Waals surface area (Å²) in [5.74, 6) is -6.13. The van der Waals surface area contributed by atoms with Crippen LogP contribution in [0.1, 0.15) is 84.5 Å². The number of aliphatic hydroxyl groups is 1. The second-order valence-electron chi connectivity index (χ2n) is 13.1. The Balaban J connectivity index is 6.15. The molecule has 0 bridgehead atoms. The summed E-state index contributed by atoms with van der Waals surface area (Å²) in [7, 11) is 0. The van der Waals surface area contributed by atoms with Crippen molar-refractivity contribution in [2.45, 2.75) is 127 Å². The van der Waals surface area contributed by atoms with Crippen LogP contribution in [0.2, 0.25) is 0 Å². The molecule has 7 atom stereocenters. The zero-order chi connectivity index (χ0) is 41.9. The van der Waals surface area contributed by atoms with Crippen LogP contribution >= 0.6 is 0 Å². The molecule has 316 valence electrons. The monoisotopic (exact) mass is 788 g/mol. The van der Waals surface area contributed by atoms with Gasteiger partial charge in [0.15, 0.2) is 5.96 Å². The number of nitrogens with two attached hydrogens (primary N) is 6. The van der Waals surface area contributed by atoms with Crippen LogP contribution in [0.3, 0.4) is 0 Å². The summed E-state index contributed by atoms with van der Waals surface area (Å²) in [6, 6.07) is -8.54. The van der Waals surface area contributed by atoms with Gasteiger partial charge in [-0.1, -0.05) is 6.42 Å². The maximum atomic E-state index is 13.8. The molecule has 0 aromatic carbocycles. The van der Waals surface area contributed by atoms with Gasteiger partial charge in [0.1, 0.15) is 36.3 Å². The first-order valence-electron chi connectivity index (χ1n) is 18.6. The Morgan fingerprint density at radius 1 is 0.527 bits per heavy atom. The molecule has 0 aromatic rings. The number of unbranched alkanes of at least 4 members (excludes halogenated alkanes) is 3. The van der Waals surface area contributed by atoms with E-state index in [0.29, 0.717) is 58.0 Å². The number of rotatable bonds is 30. The Bertz CT molecular complexity index is 1250. The lowest BCUT2D eigenvalue weighted by Gasteiger charge is -2.27. The topological polar surface area (TPSA) is 401 Å². The van der Waals surface area contributed by atoms with Crippen molar-refractivity contribution in [1.82, 2.24) is 31.9 Å². The molecule has 0 saturated carbocycles. The van der Waals surface area contributed by atoms with Crippen molar-refractivity contribution in [3.63, 3.8) is 0 Å². The average Bonchev–Trinajstić information content (AvgIpc) is 3.13. The van der Waals surface area contributed by atoms with Gasteiger partial charge in [-0.3, -0.25) is 38.6 Å². The number of nitrogens with zero attached hydrogens (tertiary/aromatic N) is 1. The van der Waals surface area contributed by atoms with Crippen LogP contribution in [0.5, 0.6) is 0 Å². The van der Waals surface area contributed by atoms with Crippen LogP contribution in [0.25, 0.3) is 0 Å². The second-order valence-corrected chi connectivity index (χ2v) is 13.1. The molecule has 55 heavy (non-hydrogen) atoms. The largest absolute Gasteiger partial charge is 0.480 e. The third-order valence-corrected chi connectivity index (χ3v) is 8.34. The van der Waals surface area contributed by atoms with E-state index in [4.69, 9.17) is 39.5 Å². The maximum absolute atomic E-state index is 13.8. The molecular weight excluding hydrogens is 722 g/mol. The summed E-state index contributed by atoms with van der Waals surface area (Å²) >= 11 is 0. The number of carboxylic acids is 1. The van der Waals surface area contributed by atoms with E-state index >= 15 is 0 Å². The smallest absolute Gasteiger partial charge is 0.325 e. The predicted molar refractivity (Wildman–Crippen MR) is 204 cm³/mol. The van der Waals surface area contributed by atoms with Gasteiger partial charge in [-0.15, -0.1) is 0 Å². The number of hydrogen-bond donors (Lipinski definition) is 14. The average molecular weight is 788 g/mol. The molecule has 0 fully saturated rings. The number of carbonyl (C=O) groups excluding carboxylic acids is 6. The summed E-state index contributed by atoms with van der Waals surface area (Å²) in [6.45, 7) is 2.79. The van der Waals surface area contributed by atoms with E-state index in [1.807, 2.05) is 0 Å². The van der Waals surface area contributed by atoms with Gasteiger partial charge in [-0.2, -0.15) is 0 Å². The number of guanidine groups is 1. The predicted octanol–water partition coefficient (Wildman–Crippen LogP) is -5.22. The fraction of sp³-hybridized carbons (Fsp3) is 0.758. The Hall–Kier alpha value is -4.64. The quantitative estimate of drug-likeness (QED) is 0.0184. The fourth-order valence-corrected chi connectivity index (χ4v) is 5.00. The van der Waals surface area contributed by atoms with E-state index in [2.05, 4.69) is 36.9 Å². The highest BCUT2D eigenvalue weighted by Crippen LogP contribution is 2.08. The lowest BCUT2D eigenvalue weighted by atomic mass is 10.0. The normalized spacial score (nSPS) is 14.7. The number of aliphatic imine (C=N–C) groups is 1. The standard InChI is InChI=1S/C33H65N13O9/c1-19(26(48)42-20(2)32(54)55)41-31(53)25(18-47)46-30(52)23(12-5-8-16-36)44-29(51)24(13-9-17-40-33(38)39)45-28(50)22(11-4-7-15-35)43-27(49)21(37)10-3-6-14-34/h19-25,47H,3-18,34-37H2,1-2H3,(H,41,53)(H,42,48)(H,43,49)(H,44,51)(H,45,50)(H,46,52)(H,54,55)(H4,38,39,40)/t19-,20-,21-,22-,23-,24-,25-/m0/s1. The summed E-state index contributed by atoms with van der Waals surface area (Å²) in [6.07, 6.45) is 3.99. The van der Waals surface area contributed by atoms with E-state index in [1.54, 1.807) is 0 Å². The molecule has 22 heteroatoms. The third kappa shape index (κ3) is 21.7. The molecule has 0 aromatic heterocycles. The molecule has 20 N–H and O–H groups in total. The summed E-state index contributed by atoms with van der Waals surface area (Å²) in [4.78, 5) is 94.1. The minimum absolute atomic E-state index is 0.00960. The third-order valence-electron chi connectivity index (χ3n) is 8.34. The SMILES string of the molecule is C[C@H](NC(=O)[C@H](C)NC(=O)[C@H](CO)NC(=O)[C@H](CCCCN)NC(=O)[C@H](CCCN=C(N)N)NC(=O)[C@H](CCCCN)NC(=O)[C@@H](N)CCCCN)C(=O)O. The lowest BCUT2D eigenvalue weighted by Crippen LogP contribution is -2.60. The number of carbonyl (C=O) groups is 7. The zero-order valence-electron chi connectivity index (χ0n) is 32.0. The number of carboxylic acid groups (broad SMARTS) is 1. The first-order chi connectivity index (χ1) is 26.0. The molecule has 6 amide bonds. The van der Waals surface area contributed by atoms with Crippen molar-refractivity contribution in [1.29, 1.82) is 0 Å². The van der Waals surface area contributed by atoms with Crippen LogP contribution in [0.15, 0.2) is 4.99 Å². The molecule has 0 aliphatic carbocycles. The van der Waals surface area contributed by atoms with Gasteiger partial charge in [-0.25, -0.2) is 0 Å². The van der Waals surface area contributed by atoms with E-state index in [1.165, 1.54) is 13.8 Å². The Labute approximate surface area is 321 Å². The van der Waals surface area contributed by atoms with E-state index in [0.717, 1.165) is 0 Å². The van der Waals surface area contributed by atoms with E-state index in [9.17, 15) is 38.7 Å². The molecule has 0 heterocycles. The minimum Gasteiger partial charge on any atom is -0.480 e. The van der Waals surface area contributed by atoms with Crippen molar-refractivity contribution < 1.29 is 43.8 Å². The number of aliphatic hydroxyl groups excluding tert-OH is 1. The molecule has 22 nitrogen and oxygen atoms in total. The van der Waals surface area contributed by atoms with Crippen LogP contribution < -0.4 is 66.3 Å². The molecule has 0 unspecified atom stereocenters. The summed E-state index contributed by atoms with van der Waals surface area (Å²) in [5.41, 5.74) is 33.7. The zero-order valence-corrected chi connectivity index (χ0v) is 32.0. The molecular formula is C33H65N13O9. The highest BCUT2D eigenvalue weighted by atomic mass is 16.4. The van der Waals surface area contributed by atoms with E-state index in [-0.39, 0.29) is 44.7 Å². The molecule has 0 radical (unpaired) electrons. The number of nitrogens with one attached hydrogen (secondary N) is 6. The highest BCUT2D eigenvalue weighted by molar-refractivity contribution is 5.97. The summed E-state index contributed by atoms with van der Waals surface area (Å²) in [5, 5.41) is 33.8. The van der Waals surface area contributed by atoms with Crippen LogP contribution in [0, 0.1) is 0 Å². The van der Waals surface area contributed by atoms with Crippen LogP contribution in [0.4, 0.5) is 0 Å². The van der Waals surface area contributed by atoms with Gasteiger partial charge < -0.3 is 76.5 Å². The fourth-order valence-electron chi connectivity index (χ4n) is 5.00. The van der Waals surface area contributed by atoms with Crippen LogP contribution in [-0.2, 0) is 33.6 Å². The first-order valence-corrected chi connectivity index (χ1v) is 18.6. The van der Waals surface area contributed by atoms with Crippen molar-refractivity contribution in [3.8, 4) is 0 Å². The number of hydrogen-bond acceptors (Lipinski definition) is 13. The van der Waals surface area contributed by atoms with Crippen molar-refractivity contribution in [3.05, 3.63) is 0 Å². The van der Waals surface area contributed by atoms with Gasteiger partial charge in [0.2, 0.25) is 35.4 Å². The Morgan fingerprint density at radius 3 is 1.33 bits per heavy atom. The van der Waals surface area contributed by atoms with Gasteiger partial charge in [0, 0.05) is 6.54 Å². The van der Waals surface area contributed by atoms with Crippen molar-refractivity contribution >= 4 is 47.4 Å². The summed E-state index contributed by atoms with van der Waals surface area (Å²) < 4.78 is 0. The van der Waals surface area contributed by atoms with Gasteiger partial charge in [0.05, 0.1) is 12.6 Å². The Morgan fingerprint density at radius 2 is 0.909 bits per heavy atom. The maximum Gasteiger partial charge on any atom is 0.325 e. The van der Waals surface area contributed by atoms with Crippen LogP contribution in [-0.4, -0.2) is 133 Å². The number of aliphatic carboxylic acids is 1. The molecule has 0 saturated heterocycles. The molecule has 0 rings (SSSR count). The lowest BCUT2D eigenvalue weighted by molar-refractivity contribution is -0.141. The molecule has 0 aliphatic heterocycles. The Kier molecular flexibility index (Phi) is 26.3. The first kappa shape index (κ1) is 50.4. The van der Waals surface area contributed by atoms with Gasteiger partial charge >= 0.3 is 5.97 Å². The number of amides is 6. The van der Waals surface area contributed by atoms with Crippen molar-refractivity contribution in [2.24, 2.45) is 39.4 Å². The van der Waals surface area contributed by atoms with Gasteiger partial charge in [0.25, 0.3) is 0 Å². The van der Waals surface area contributed by atoms with Crippen molar-refractivity contribution in [2.75, 3.05) is 32.8 Å². The molecule has 0 spiro atoms. The van der Waals surface area contributed by atoms with Gasteiger partial charge in [-0.05, 0) is 97.7 Å². The second kappa shape index (κ2) is 28.8. The highest BCUT2D eigenvalue weighted by Gasteiger charge is 2.32. The van der Waals surface area contributed by atoms with E-state index < -0.39 is 90.3 Å². The molecule has 0 aliphatic rings. The minimum atomic E-state index is -1.57.